The van der Waals surface area contributed by atoms with E-state index in [9.17, 15) is 18.0 Å². The maximum atomic E-state index is 12.1. The summed E-state index contributed by atoms with van der Waals surface area (Å²) in [6, 6.07) is 5.61. The van der Waals surface area contributed by atoms with E-state index in [0.29, 0.717) is 18.7 Å². The highest BCUT2D eigenvalue weighted by Crippen LogP contribution is 2.21. The maximum absolute atomic E-state index is 12.1. The molecular weight excluding hydrogens is 292 g/mol. The minimum Gasteiger partial charge on any atom is -0.373 e. The van der Waals surface area contributed by atoms with Gasteiger partial charge in [-0.05, 0) is 24.6 Å². The third-order valence-corrected chi connectivity index (χ3v) is 4.40. The molecule has 0 bridgehead atoms. The first-order valence-electron chi connectivity index (χ1n) is 6.74. The Labute approximate surface area is 124 Å². The van der Waals surface area contributed by atoms with Gasteiger partial charge < -0.3 is 5.32 Å². The SMILES string of the molecule is CCCN1C(=O)CC(Nc2cccc(S(C)(=O)=O)c2)C1=O. The standard InChI is InChI=1S/C14H18N2O4S/c1-3-7-16-13(17)9-12(14(16)18)15-10-5-4-6-11(8-10)21(2,19)20/h4-6,8,12,15H,3,7,9H2,1-2H3. The van der Waals surface area contributed by atoms with Crippen molar-refractivity contribution in [3.63, 3.8) is 0 Å². The smallest absolute Gasteiger partial charge is 0.252 e. The molecule has 0 saturated carbocycles. The summed E-state index contributed by atoms with van der Waals surface area (Å²) in [6.07, 6.45) is 1.94. The fraction of sp³-hybridized carbons (Fsp3) is 0.429. The van der Waals surface area contributed by atoms with Gasteiger partial charge in [0.1, 0.15) is 6.04 Å². The third kappa shape index (κ3) is 3.41. The van der Waals surface area contributed by atoms with Crippen molar-refractivity contribution in [1.82, 2.24) is 4.90 Å². The topological polar surface area (TPSA) is 83.6 Å². The number of nitrogens with one attached hydrogen (secondary N) is 1. The van der Waals surface area contributed by atoms with Crippen LogP contribution in [0.1, 0.15) is 19.8 Å². The van der Waals surface area contributed by atoms with Crippen LogP contribution in [0.5, 0.6) is 0 Å². The molecule has 0 aliphatic carbocycles. The summed E-state index contributed by atoms with van der Waals surface area (Å²) in [4.78, 5) is 25.3. The molecule has 1 N–H and O–H groups in total. The zero-order chi connectivity index (χ0) is 15.6. The van der Waals surface area contributed by atoms with E-state index in [0.717, 1.165) is 6.26 Å². The minimum absolute atomic E-state index is 0.0991. The Kier molecular flexibility index (Phi) is 4.32. The minimum atomic E-state index is -3.30. The summed E-state index contributed by atoms with van der Waals surface area (Å²) >= 11 is 0. The number of carbonyl (C=O) groups excluding carboxylic acids is 2. The van der Waals surface area contributed by atoms with Crippen molar-refractivity contribution in [2.75, 3.05) is 18.1 Å². The molecule has 114 valence electrons. The quantitative estimate of drug-likeness (QED) is 0.822. The van der Waals surface area contributed by atoms with Gasteiger partial charge in [0.05, 0.1) is 11.3 Å². The van der Waals surface area contributed by atoms with E-state index in [1.807, 2.05) is 6.92 Å². The number of carbonyl (C=O) groups is 2. The molecule has 2 rings (SSSR count). The van der Waals surface area contributed by atoms with E-state index in [1.54, 1.807) is 12.1 Å². The van der Waals surface area contributed by atoms with Crippen molar-refractivity contribution in [2.45, 2.75) is 30.7 Å². The molecule has 1 aromatic rings. The Morgan fingerprint density at radius 2 is 2.05 bits per heavy atom. The number of sulfone groups is 1. The van der Waals surface area contributed by atoms with Crippen LogP contribution in [-0.2, 0) is 19.4 Å². The molecule has 1 fully saturated rings. The summed E-state index contributed by atoms with van der Waals surface area (Å²) in [7, 11) is -3.30. The van der Waals surface area contributed by atoms with Gasteiger partial charge in [0.2, 0.25) is 5.91 Å². The van der Waals surface area contributed by atoms with Crippen LogP contribution in [0.15, 0.2) is 29.2 Å². The van der Waals surface area contributed by atoms with E-state index in [1.165, 1.54) is 17.0 Å². The Morgan fingerprint density at radius 3 is 2.67 bits per heavy atom. The Bertz CT molecular complexity index is 669. The molecule has 1 saturated heterocycles. The number of benzene rings is 1. The van der Waals surface area contributed by atoms with E-state index in [-0.39, 0.29) is 23.1 Å². The summed E-state index contributed by atoms with van der Waals surface area (Å²) in [5, 5.41) is 2.95. The van der Waals surface area contributed by atoms with Crippen molar-refractivity contribution in [3.05, 3.63) is 24.3 Å². The molecule has 21 heavy (non-hydrogen) atoms. The normalized spacial score (nSPS) is 19.1. The van der Waals surface area contributed by atoms with Gasteiger partial charge in [-0.25, -0.2) is 8.42 Å². The van der Waals surface area contributed by atoms with E-state index >= 15 is 0 Å². The highest BCUT2D eigenvalue weighted by Gasteiger charge is 2.37. The number of nitrogens with zero attached hydrogens (tertiary/aromatic N) is 1. The number of imide groups is 1. The van der Waals surface area contributed by atoms with Crippen LogP contribution in [0.4, 0.5) is 5.69 Å². The van der Waals surface area contributed by atoms with Gasteiger partial charge in [-0.1, -0.05) is 13.0 Å². The molecule has 0 spiro atoms. The number of hydrogen-bond donors (Lipinski definition) is 1. The number of rotatable bonds is 5. The number of amides is 2. The van der Waals surface area contributed by atoms with Gasteiger partial charge in [-0.15, -0.1) is 0 Å². The second-order valence-corrected chi connectivity index (χ2v) is 7.10. The zero-order valence-electron chi connectivity index (χ0n) is 12.0. The van der Waals surface area contributed by atoms with E-state index < -0.39 is 15.9 Å². The van der Waals surface area contributed by atoms with Gasteiger partial charge in [0, 0.05) is 18.5 Å². The molecule has 1 unspecified atom stereocenters. The van der Waals surface area contributed by atoms with Crippen LogP contribution < -0.4 is 5.32 Å². The molecule has 7 heteroatoms. The first kappa shape index (κ1) is 15.5. The summed E-state index contributed by atoms with van der Waals surface area (Å²) in [5.74, 6) is -0.453. The molecule has 2 amide bonds. The predicted molar refractivity (Wildman–Crippen MR) is 78.6 cm³/mol. The average Bonchev–Trinajstić information content (AvgIpc) is 2.66. The van der Waals surface area contributed by atoms with Gasteiger partial charge in [0.25, 0.3) is 5.91 Å². The molecule has 6 nitrogen and oxygen atoms in total. The van der Waals surface area contributed by atoms with E-state index in [4.69, 9.17) is 0 Å². The molecule has 1 aliphatic heterocycles. The molecule has 0 radical (unpaired) electrons. The summed E-state index contributed by atoms with van der Waals surface area (Å²) < 4.78 is 23.0. The summed E-state index contributed by atoms with van der Waals surface area (Å²) in [6.45, 7) is 2.32. The second-order valence-electron chi connectivity index (χ2n) is 5.08. The average molecular weight is 310 g/mol. The van der Waals surface area contributed by atoms with Crippen LogP contribution in [0, 0.1) is 0 Å². The fourth-order valence-corrected chi connectivity index (χ4v) is 2.94. The van der Waals surface area contributed by atoms with Crippen molar-refractivity contribution in [2.24, 2.45) is 0 Å². The molecule has 1 aliphatic rings. The van der Waals surface area contributed by atoms with Crippen LogP contribution in [0.3, 0.4) is 0 Å². The van der Waals surface area contributed by atoms with Crippen molar-refractivity contribution >= 4 is 27.3 Å². The monoisotopic (exact) mass is 310 g/mol. The van der Waals surface area contributed by atoms with Crippen LogP contribution in [0.25, 0.3) is 0 Å². The lowest BCUT2D eigenvalue weighted by Crippen LogP contribution is -2.35. The first-order chi connectivity index (χ1) is 9.82. The van der Waals surface area contributed by atoms with E-state index in [2.05, 4.69) is 5.32 Å². The van der Waals surface area contributed by atoms with Crippen LogP contribution in [-0.4, -0.2) is 44.0 Å². The number of likely N-dealkylation sites (tertiary alicyclic amines) is 1. The molecule has 1 heterocycles. The molecule has 1 atom stereocenters. The lowest BCUT2D eigenvalue weighted by Gasteiger charge is -2.15. The Morgan fingerprint density at radius 1 is 1.33 bits per heavy atom. The van der Waals surface area contributed by atoms with Gasteiger partial charge in [0.15, 0.2) is 9.84 Å². The largest absolute Gasteiger partial charge is 0.373 e. The van der Waals surface area contributed by atoms with Crippen molar-refractivity contribution < 1.29 is 18.0 Å². The second kappa shape index (κ2) is 5.85. The molecular formula is C14H18N2O4S. The first-order valence-corrected chi connectivity index (χ1v) is 8.63. The highest BCUT2D eigenvalue weighted by atomic mass is 32.2. The van der Waals surface area contributed by atoms with Gasteiger partial charge >= 0.3 is 0 Å². The zero-order valence-corrected chi connectivity index (χ0v) is 12.8. The molecule has 1 aromatic carbocycles. The Hall–Kier alpha value is -1.89. The lowest BCUT2D eigenvalue weighted by atomic mass is 10.2. The van der Waals surface area contributed by atoms with Gasteiger partial charge in [-0.3, -0.25) is 14.5 Å². The fourth-order valence-electron chi connectivity index (χ4n) is 2.27. The predicted octanol–water partition coefficient (Wildman–Crippen LogP) is 1.04. The van der Waals surface area contributed by atoms with Crippen molar-refractivity contribution in [3.8, 4) is 0 Å². The number of hydrogen-bond acceptors (Lipinski definition) is 5. The number of anilines is 1. The van der Waals surface area contributed by atoms with Gasteiger partial charge in [-0.2, -0.15) is 0 Å². The van der Waals surface area contributed by atoms with Crippen molar-refractivity contribution in [1.29, 1.82) is 0 Å². The lowest BCUT2D eigenvalue weighted by molar-refractivity contribution is -0.138. The summed E-state index contributed by atoms with van der Waals surface area (Å²) in [5.41, 5.74) is 0.516. The molecule has 0 aromatic heterocycles. The Balaban J connectivity index is 2.16. The highest BCUT2D eigenvalue weighted by molar-refractivity contribution is 7.90. The van der Waals surface area contributed by atoms with Crippen LogP contribution >= 0.6 is 0 Å². The van der Waals surface area contributed by atoms with Crippen LogP contribution in [0.2, 0.25) is 0 Å². The third-order valence-electron chi connectivity index (χ3n) is 3.29. The maximum Gasteiger partial charge on any atom is 0.252 e.